The van der Waals surface area contributed by atoms with Crippen LogP contribution in [0.25, 0.3) is 0 Å². The van der Waals surface area contributed by atoms with Crippen LogP contribution in [0.1, 0.15) is 11.7 Å². The van der Waals surface area contributed by atoms with Crippen molar-refractivity contribution < 1.29 is 9.47 Å². The van der Waals surface area contributed by atoms with Gasteiger partial charge in [0, 0.05) is 7.11 Å². The molecule has 1 unspecified atom stereocenters. The zero-order valence-corrected chi connectivity index (χ0v) is 7.43. The summed E-state index contributed by atoms with van der Waals surface area (Å²) in [7, 11) is 1.53. The Morgan fingerprint density at radius 1 is 1.38 bits per heavy atom. The molecule has 3 nitrogen and oxygen atoms in total. The second kappa shape index (κ2) is 5.31. The van der Waals surface area contributed by atoms with Crippen molar-refractivity contribution >= 4 is 0 Å². The van der Waals surface area contributed by atoms with Crippen molar-refractivity contribution in [2.24, 2.45) is 0 Å². The van der Waals surface area contributed by atoms with E-state index in [2.05, 4.69) is 6.07 Å². The molecule has 0 aliphatic carbocycles. The summed E-state index contributed by atoms with van der Waals surface area (Å²) in [5.41, 5.74) is 0.849. The van der Waals surface area contributed by atoms with Gasteiger partial charge in [0.25, 0.3) is 0 Å². The Morgan fingerprint density at radius 3 is 2.62 bits per heavy atom. The number of methoxy groups -OCH3 is 1. The fourth-order valence-corrected chi connectivity index (χ4v) is 0.972. The number of hydrogen-bond donors (Lipinski definition) is 0. The number of ether oxygens (including phenoxy) is 2. The predicted octanol–water partition coefficient (Wildman–Crippen LogP) is 1.87. The molecule has 0 aromatic heterocycles. The molecule has 0 aliphatic heterocycles. The highest BCUT2D eigenvalue weighted by molar-refractivity contribution is 5.21. The standard InChI is InChI=1S/C10H11NO2/c1-12-8-13-10(7-11)9-5-3-2-4-6-9/h2-6,10H,8H2,1H3. The van der Waals surface area contributed by atoms with Crippen LogP contribution in [0, 0.1) is 11.3 Å². The van der Waals surface area contributed by atoms with E-state index in [4.69, 9.17) is 14.7 Å². The third kappa shape index (κ3) is 2.86. The molecule has 68 valence electrons. The predicted molar refractivity (Wildman–Crippen MR) is 47.8 cm³/mol. The number of hydrogen-bond acceptors (Lipinski definition) is 3. The molecule has 1 aromatic rings. The second-order valence-corrected chi connectivity index (χ2v) is 2.49. The summed E-state index contributed by atoms with van der Waals surface area (Å²) in [5, 5.41) is 8.78. The molecule has 1 rings (SSSR count). The Bertz CT molecular complexity index is 279. The Balaban J connectivity index is 2.63. The average molecular weight is 177 g/mol. The molecular formula is C10H11NO2. The summed E-state index contributed by atoms with van der Waals surface area (Å²) >= 11 is 0. The van der Waals surface area contributed by atoms with Gasteiger partial charge in [0.1, 0.15) is 6.79 Å². The average Bonchev–Trinajstić information content (AvgIpc) is 2.21. The van der Waals surface area contributed by atoms with Crippen LogP contribution in [0.2, 0.25) is 0 Å². The number of nitrogens with zero attached hydrogens (tertiary/aromatic N) is 1. The molecular weight excluding hydrogens is 166 g/mol. The van der Waals surface area contributed by atoms with E-state index >= 15 is 0 Å². The molecule has 13 heavy (non-hydrogen) atoms. The van der Waals surface area contributed by atoms with E-state index in [1.165, 1.54) is 7.11 Å². The van der Waals surface area contributed by atoms with Gasteiger partial charge in [0.05, 0.1) is 6.07 Å². The van der Waals surface area contributed by atoms with Crippen LogP contribution in [0.15, 0.2) is 30.3 Å². The van der Waals surface area contributed by atoms with Crippen LogP contribution >= 0.6 is 0 Å². The normalized spacial score (nSPS) is 12.0. The molecule has 1 aromatic carbocycles. The molecule has 0 spiro atoms. The summed E-state index contributed by atoms with van der Waals surface area (Å²) in [6.45, 7) is 0.132. The Labute approximate surface area is 77.5 Å². The van der Waals surface area contributed by atoms with Gasteiger partial charge in [-0.15, -0.1) is 0 Å². The molecule has 0 heterocycles. The lowest BCUT2D eigenvalue weighted by atomic mass is 10.1. The first-order valence-electron chi connectivity index (χ1n) is 3.93. The van der Waals surface area contributed by atoms with Crippen LogP contribution in [0.3, 0.4) is 0 Å². The highest BCUT2D eigenvalue weighted by atomic mass is 16.7. The Kier molecular flexibility index (Phi) is 3.97. The van der Waals surface area contributed by atoms with E-state index in [0.29, 0.717) is 0 Å². The third-order valence-corrected chi connectivity index (χ3v) is 1.57. The maximum absolute atomic E-state index is 8.78. The molecule has 0 N–H and O–H groups in total. The van der Waals surface area contributed by atoms with Crippen molar-refractivity contribution in [1.82, 2.24) is 0 Å². The first kappa shape index (κ1) is 9.72. The van der Waals surface area contributed by atoms with Gasteiger partial charge in [-0.25, -0.2) is 0 Å². The number of nitriles is 1. The molecule has 1 atom stereocenters. The van der Waals surface area contributed by atoms with Crippen LogP contribution in [-0.2, 0) is 9.47 Å². The first-order valence-corrected chi connectivity index (χ1v) is 3.93. The van der Waals surface area contributed by atoms with E-state index < -0.39 is 6.10 Å². The zero-order valence-electron chi connectivity index (χ0n) is 7.43. The Morgan fingerprint density at radius 2 is 2.08 bits per heavy atom. The maximum Gasteiger partial charge on any atom is 0.171 e. The lowest BCUT2D eigenvalue weighted by Gasteiger charge is -2.09. The fourth-order valence-electron chi connectivity index (χ4n) is 0.972. The van der Waals surface area contributed by atoms with E-state index in [1.807, 2.05) is 30.3 Å². The van der Waals surface area contributed by atoms with Crippen LogP contribution in [0.5, 0.6) is 0 Å². The van der Waals surface area contributed by atoms with E-state index in [-0.39, 0.29) is 6.79 Å². The van der Waals surface area contributed by atoms with Gasteiger partial charge < -0.3 is 9.47 Å². The van der Waals surface area contributed by atoms with Gasteiger partial charge in [0.2, 0.25) is 0 Å². The lowest BCUT2D eigenvalue weighted by molar-refractivity contribution is -0.0541. The minimum absolute atomic E-state index is 0.132. The number of benzene rings is 1. The monoisotopic (exact) mass is 177 g/mol. The molecule has 0 saturated carbocycles. The van der Waals surface area contributed by atoms with Gasteiger partial charge >= 0.3 is 0 Å². The quantitative estimate of drug-likeness (QED) is 0.659. The van der Waals surface area contributed by atoms with Crippen LogP contribution < -0.4 is 0 Å². The maximum atomic E-state index is 8.78. The smallest absolute Gasteiger partial charge is 0.171 e. The zero-order chi connectivity index (χ0) is 9.52. The van der Waals surface area contributed by atoms with E-state index in [9.17, 15) is 0 Å². The molecule has 0 fully saturated rings. The Hall–Kier alpha value is -1.37. The highest BCUT2D eigenvalue weighted by Gasteiger charge is 2.08. The van der Waals surface area contributed by atoms with Crippen molar-refractivity contribution in [1.29, 1.82) is 5.26 Å². The summed E-state index contributed by atoms with van der Waals surface area (Å²) < 4.78 is 9.87. The van der Waals surface area contributed by atoms with E-state index in [0.717, 1.165) is 5.56 Å². The van der Waals surface area contributed by atoms with Crippen molar-refractivity contribution in [2.45, 2.75) is 6.10 Å². The minimum Gasteiger partial charge on any atom is -0.359 e. The SMILES string of the molecule is COCOC(C#N)c1ccccc1. The van der Waals surface area contributed by atoms with Crippen molar-refractivity contribution in [3.63, 3.8) is 0 Å². The fraction of sp³-hybridized carbons (Fsp3) is 0.300. The summed E-state index contributed by atoms with van der Waals surface area (Å²) in [4.78, 5) is 0. The summed E-state index contributed by atoms with van der Waals surface area (Å²) in [5.74, 6) is 0. The third-order valence-electron chi connectivity index (χ3n) is 1.57. The van der Waals surface area contributed by atoms with Crippen molar-refractivity contribution in [2.75, 3.05) is 13.9 Å². The van der Waals surface area contributed by atoms with Crippen molar-refractivity contribution in [3.05, 3.63) is 35.9 Å². The van der Waals surface area contributed by atoms with Crippen LogP contribution in [0.4, 0.5) is 0 Å². The van der Waals surface area contributed by atoms with Gasteiger partial charge in [-0.1, -0.05) is 30.3 Å². The summed E-state index contributed by atoms with van der Waals surface area (Å²) in [6.07, 6.45) is -0.541. The molecule has 3 heteroatoms. The summed E-state index contributed by atoms with van der Waals surface area (Å²) in [6, 6.07) is 11.4. The largest absolute Gasteiger partial charge is 0.359 e. The molecule has 0 saturated heterocycles. The van der Waals surface area contributed by atoms with Crippen molar-refractivity contribution in [3.8, 4) is 6.07 Å². The minimum atomic E-state index is -0.541. The highest BCUT2D eigenvalue weighted by Crippen LogP contribution is 2.15. The molecule has 0 radical (unpaired) electrons. The number of rotatable bonds is 4. The molecule has 0 aliphatic rings. The molecule has 0 amide bonds. The lowest BCUT2D eigenvalue weighted by Crippen LogP contribution is -2.04. The van der Waals surface area contributed by atoms with E-state index in [1.54, 1.807) is 0 Å². The van der Waals surface area contributed by atoms with Gasteiger partial charge in [-0.05, 0) is 5.56 Å². The van der Waals surface area contributed by atoms with Gasteiger partial charge in [-0.3, -0.25) is 0 Å². The molecule has 0 bridgehead atoms. The first-order chi connectivity index (χ1) is 6.38. The van der Waals surface area contributed by atoms with Gasteiger partial charge in [0.15, 0.2) is 6.10 Å². The second-order valence-electron chi connectivity index (χ2n) is 2.49. The van der Waals surface area contributed by atoms with Crippen LogP contribution in [-0.4, -0.2) is 13.9 Å². The topological polar surface area (TPSA) is 42.2 Å². The van der Waals surface area contributed by atoms with Gasteiger partial charge in [-0.2, -0.15) is 5.26 Å².